The van der Waals surface area contributed by atoms with Gasteiger partial charge in [-0.15, -0.1) is 0 Å². The number of anilines is 1. The zero-order valence-electron chi connectivity index (χ0n) is 14.8. The lowest BCUT2D eigenvalue weighted by Gasteiger charge is -2.34. The zero-order valence-corrected chi connectivity index (χ0v) is 14.8. The van der Waals surface area contributed by atoms with Crippen LogP contribution in [-0.2, 0) is 0 Å². The molecule has 1 amide bonds. The number of carbonyl (C=O) groups excluding carboxylic acids is 1. The number of aromatic nitrogens is 2. The Morgan fingerprint density at radius 3 is 2.96 bits per heavy atom. The molecule has 0 bridgehead atoms. The molecule has 0 spiro atoms. The first-order valence-corrected chi connectivity index (χ1v) is 8.98. The van der Waals surface area contributed by atoms with Crippen molar-refractivity contribution < 1.29 is 9.90 Å². The summed E-state index contributed by atoms with van der Waals surface area (Å²) in [5.74, 6) is 0.245. The fraction of sp³-hybridized carbons (Fsp3) is 0.421. The van der Waals surface area contributed by atoms with Crippen molar-refractivity contribution in [2.24, 2.45) is 0 Å². The summed E-state index contributed by atoms with van der Waals surface area (Å²) in [6.07, 6.45) is 6.43. The number of amides is 1. The van der Waals surface area contributed by atoms with Crippen LogP contribution in [0.3, 0.4) is 0 Å². The van der Waals surface area contributed by atoms with Gasteiger partial charge in [0.25, 0.3) is 5.91 Å². The molecule has 0 aliphatic carbocycles. The van der Waals surface area contributed by atoms with E-state index in [0.29, 0.717) is 23.6 Å². The maximum Gasteiger partial charge on any atom is 0.251 e. The van der Waals surface area contributed by atoms with E-state index in [1.165, 1.54) is 6.20 Å². The van der Waals surface area contributed by atoms with Gasteiger partial charge in [0.05, 0.1) is 24.7 Å². The summed E-state index contributed by atoms with van der Waals surface area (Å²) in [5.41, 5.74) is 7.64. The third-order valence-corrected chi connectivity index (χ3v) is 4.74. The molecule has 3 rings (SSSR count). The number of hydrogen-bond donors (Lipinski definition) is 3. The van der Waals surface area contributed by atoms with Gasteiger partial charge in [-0.2, -0.15) is 0 Å². The van der Waals surface area contributed by atoms with Crippen molar-refractivity contribution in [1.29, 1.82) is 0 Å². The van der Waals surface area contributed by atoms with Gasteiger partial charge in [-0.25, -0.2) is 4.98 Å². The monoisotopic (exact) mass is 355 g/mol. The van der Waals surface area contributed by atoms with Crippen molar-refractivity contribution in [1.82, 2.24) is 20.2 Å². The average Bonchev–Trinajstić information content (AvgIpc) is 2.69. The topological polar surface area (TPSA) is 104 Å². The first kappa shape index (κ1) is 18.3. The minimum absolute atomic E-state index is 0.118. The number of nitrogen functional groups attached to an aromatic ring is 1. The van der Waals surface area contributed by atoms with Crippen LogP contribution in [0.15, 0.2) is 36.7 Å². The summed E-state index contributed by atoms with van der Waals surface area (Å²) in [6.45, 7) is 2.46. The molecule has 0 radical (unpaired) electrons. The number of aliphatic hydroxyl groups is 1. The van der Waals surface area contributed by atoms with E-state index in [9.17, 15) is 9.90 Å². The number of rotatable bonds is 6. The molecule has 138 valence electrons. The van der Waals surface area contributed by atoms with Gasteiger partial charge in [-0.05, 0) is 31.5 Å². The first-order chi connectivity index (χ1) is 12.7. The van der Waals surface area contributed by atoms with Gasteiger partial charge in [0, 0.05) is 30.3 Å². The molecule has 4 N–H and O–H groups in total. The van der Waals surface area contributed by atoms with E-state index in [-0.39, 0.29) is 18.6 Å². The van der Waals surface area contributed by atoms with Crippen LogP contribution in [0.1, 0.15) is 29.6 Å². The first-order valence-electron chi connectivity index (χ1n) is 8.98. The number of aliphatic hydroxyl groups excluding tert-OH is 1. The molecule has 2 heterocycles. The number of nitrogens with zero attached hydrogens (tertiary/aromatic N) is 3. The Labute approximate surface area is 153 Å². The number of likely N-dealkylation sites (tertiary alicyclic amines) is 1. The molecule has 2 aromatic rings. The summed E-state index contributed by atoms with van der Waals surface area (Å²) < 4.78 is 0. The minimum Gasteiger partial charge on any atom is -0.395 e. The zero-order chi connectivity index (χ0) is 18.4. The van der Waals surface area contributed by atoms with Gasteiger partial charge in [-0.3, -0.25) is 14.7 Å². The molecule has 1 saturated heterocycles. The van der Waals surface area contributed by atoms with Crippen LogP contribution in [0.4, 0.5) is 5.82 Å². The molecule has 0 unspecified atom stereocenters. The lowest BCUT2D eigenvalue weighted by Crippen LogP contribution is -2.45. The van der Waals surface area contributed by atoms with Crippen LogP contribution in [-0.4, -0.2) is 58.2 Å². The third-order valence-electron chi connectivity index (χ3n) is 4.74. The van der Waals surface area contributed by atoms with Crippen molar-refractivity contribution >= 4 is 11.7 Å². The number of carbonyl (C=O) groups is 1. The second-order valence-corrected chi connectivity index (χ2v) is 6.53. The highest BCUT2D eigenvalue weighted by Crippen LogP contribution is 2.18. The van der Waals surface area contributed by atoms with Crippen molar-refractivity contribution in [3.05, 3.63) is 42.2 Å². The van der Waals surface area contributed by atoms with Crippen LogP contribution < -0.4 is 11.1 Å². The molecule has 1 fully saturated rings. The Bertz CT molecular complexity index is 735. The molecule has 1 aromatic carbocycles. The Kier molecular flexibility index (Phi) is 6.14. The van der Waals surface area contributed by atoms with Crippen molar-refractivity contribution in [2.75, 3.05) is 32.0 Å². The van der Waals surface area contributed by atoms with E-state index < -0.39 is 0 Å². The lowest BCUT2D eigenvalue weighted by atomic mass is 10.0. The fourth-order valence-corrected chi connectivity index (χ4v) is 3.28. The summed E-state index contributed by atoms with van der Waals surface area (Å²) in [4.78, 5) is 23.0. The van der Waals surface area contributed by atoms with E-state index in [0.717, 1.165) is 37.9 Å². The van der Waals surface area contributed by atoms with Gasteiger partial charge in [-0.1, -0.05) is 18.6 Å². The Morgan fingerprint density at radius 2 is 2.19 bits per heavy atom. The normalized spacial score (nSPS) is 17.8. The van der Waals surface area contributed by atoms with Gasteiger partial charge in [0.1, 0.15) is 5.82 Å². The summed E-state index contributed by atoms with van der Waals surface area (Å²) in [6, 6.07) is 7.51. The van der Waals surface area contributed by atoms with Crippen LogP contribution in [0.25, 0.3) is 11.3 Å². The van der Waals surface area contributed by atoms with Crippen LogP contribution >= 0.6 is 0 Å². The molecular weight excluding hydrogens is 330 g/mol. The number of nitrogens with two attached hydrogens (primary N) is 1. The maximum atomic E-state index is 12.4. The number of hydrogen-bond acceptors (Lipinski definition) is 6. The summed E-state index contributed by atoms with van der Waals surface area (Å²) >= 11 is 0. The van der Waals surface area contributed by atoms with Gasteiger partial charge in [0.15, 0.2) is 0 Å². The average molecular weight is 355 g/mol. The summed E-state index contributed by atoms with van der Waals surface area (Å²) in [5, 5.41) is 12.4. The highest BCUT2D eigenvalue weighted by molar-refractivity contribution is 5.95. The quantitative estimate of drug-likeness (QED) is 0.721. The smallest absolute Gasteiger partial charge is 0.251 e. The van der Waals surface area contributed by atoms with E-state index in [2.05, 4.69) is 20.2 Å². The number of benzene rings is 1. The van der Waals surface area contributed by atoms with Crippen LogP contribution in [0.5, 0.6) is 0 Å². The molecule has 7 heteroatoms. The Hall–Kier alpha value is -2.51. The molecule has 26 heavy (non-hydrogen) atoms. The molecule has 1 aliphatic heterocycles. The second kappa shape index (κ2) is 8.73. The van der Waals surface area contributed by atoms with E-state index >= 15 is 0 Å². The number of piperidine rings is 1. The molecule has 1 aromatic heterocycles. The van der Waals surface area contributed by atoms with Crippen LogP contribution in [0, 0.1) is 0 Å². The van der Waals surface area contributed by atoms with Crippen molar-refractivity contribution in [3.63, 3.8) is 0 Å². The maximum absolute atomic E-state index is 12.4. The predicted octanol–water partition coefficient (Wildman–Crippen LogP) is 1.30. The minimum atomic E-state index is -0.118. The van der Waals surface area contributed by atoms with E-state index in [1.54, 1.807) is 18.3 Å². The highest BCUT2D eigenvalue weighted by Gasteiger charge is 2.21. The van der Waals surface area contributed by atoms with Gasteiger partial charge < -0.3 is 16.2 Å². The molecule has 0 saturated carbocycles. The highest BCUT2D eigenvalue weighted by atomic mass is 16.3. The van der Waals surface area contributed by atoms with E-state index in [4.69, 9.17) is 5.73 Å². The lowest BCUT2D eigenvalue weighted by molar-refractivity contribution is 0.0849. The van der Waals surface area contributed by atoms with Crippen molar-refractivity contribution in [2.45, 2.75) is 25.3 Å². The molecule has 7 nitrogen and oxygen atoms in total. The molecule has 1 atom stereocenters. The standard InChI is InChI=1S/C19H25N5O2/c20-18-12-22-17(11-23-18)14-4-3-5-15(10-14)19(26)21-7-9-24-8-2-1-6-16(24)13-25/h3-5,10-12,16,25H,1-2,6-9,13H2,(H2,20,23)(H,21,26)/t16-/m0/s1. The largest absolute Gasteiger partial charge is 0.395 e. The van der Waals surface area contributed by atoms with Gasteiger partial charge >= 0.3 is 0 Å². The van der Waals surface area contributed by atoms with Crippen LogP contribution in [0.2, 0.25) is 0 Å². The Balaban J connectivity index is 1.58. The predicted molar refractivity (Wildman–Crippen MR) is 101 cm³/mol. The van der Waals surface area contributed by atoms with E-state index in [1.807, 2.05) is 12.1 Å². The third kappa shape index (κ3) is 4.56. The number of nitrogens with one attached hydrogen (secondary N) is 1. The fourth-order valence-electron chi connectivity index (χ4n) is 3.28. The van der Waals surface area contributed by atoms with Crippen molar-refractivity contribution in [3.8, 4) is 11.3 Å². The second-order valence-electron chi connectivity index (χ2n) is 6.53. The Morgan fingerprint density at radius 1 is 1.31 bits per heavy atom. The molecule has 1 aliphatic rings. The SMILES string of the molecule is Nc1cnc(-c2cccc(C(=O)NCCN3CCCC[C@H]3CO)c2)cn1. The molecular formula is C19H25N5O2. The van der Waals surface area contributed by atoms with Gasteiger partial charge in [0.2, 0.25) is 0 Å². The summed E-state index contributed by atoms with van der Waals surface area (Å²) in [7, 11) is 0.